The van der Waals surface area contributed by atoms with E-state index in [1.54, 1.807) is 17.0 Å². The van der Waals surface area contributed by atoms with Crippen LogP contribution in [0.4, 0.5) is 4.39 Å². The number of carbonyl (C=O) groups excluding carboxylic acids is 3. The van der Waals surface area contributed by atoms with Gasteiger partial charge >= 0.3 is 0 Å². The number of allylic oxidation sites excluding steroid dienone is 2. The average Bonchev–Trinajstić information content (AvgIpc) is 3.05. The quantitative estimate of drug-likeness (QED) is 0.467. The van der Waals surface area contributed by atoms with Gasteiger partial charge in [0.2, 0.25) is 17.7 Å². The second kappa shape index (κ2) is 9.94. The predicted molar refractivity (Wildman–Crippen MR) is 124 cm³/mol. The van der Waals surface area contributed by atoms with Crippen molar-refractivity contribution in [3.8, 4) is 0 Å². The summed E-state index contributed by atoms with van der Waals surface area (Å²) in [6, 6.07) is 3.89. The van der Waals surface area contributed by atoms with Gasteiger partial charge in [0.25, 0.3) is 0 Å². The molecule has 2 fully saturated rings. The third-order valence-electron chi connectivity index (χ3n) is 6.96. The Morgan fingerprint density at radius 1 is 1.06 bits per heavy atom. The van der Waals surface area contributed by atoms with Gasteiger partial charge < -0.3 is 4.90 Å². The number of hydrogen-bond acceptors (Lipinski definition) is 4. The lowest BCUT2D eigenvalue weighted by atomic mass is 9.85. The number of hydrogen-bond donors (Lipinski definition) is 0. The van der Waals surface area contributed by atoms with E-state index in [4.69, 9.17) is 11.6 Å². The van der Waals surface area contributed by atoms with E-state index in [1.807, 2.05) is 26.0 Å². The molecular weight excluding hydrogens is 445 g/mol. The summed E-state index contributed by atoms with van der Waals surface area (Å²) in [6.07, 6.45) is 5.48. The summed E-state index contributed by atoms with van der Waals surface area (Å²) in [4.78, 5) is 44.9. The van der Waals surface area contributed by atoms with Crippen LogP contribution in [0.3, 0.4) is 0 Å². The van der Waals surface area contributed by atoms with E-state index >= 15 is 0 Å². The van der Waals surface area contributed by atoms with Gasteiger partial charge in [0.15, 0.2) is 0 Å². The van der Waals surface area contributed by atoms with Crippen molar-refractivity contribution in [2.75, 3.05) is 26.2 Å². The fourth-order valence-electron chi connectivity index (χ4n) is 5.14. The van der Waals surface area contributed by atoms with E-state index < -0.39 is 6.04 Å². The number of likely N-dealkylation sites (tertiary alicyclic amines) is 1. The molecule has 0 spiro atoms. The summed E-state index contributed by atoms with van der Waals surface area (Å²) in [5.74, 6) is -1.44. The maximum atomic E-state index is 14.2. The van der Waals surface area contributed by atoms with Crippen molar-refractivity contribution in [1.29, 1.82) is 0 Å². The van der Waals surface area contributed by atoms with Crippen LogP contribution in [0.15, 0.2) is 30.4 Å². The molecule has 2 aliphatic heterocycles. The molecule has 0 N–H and O–H groups in total. The van der Waals surface area contributed by atoms with Crippen molar-refractivity contribution in [2.24, 2.45) is 17.8 Å². The number of halogens is 2. The highest BCUT2D eigenvalue weighted by Crippen LogP contribution is 2.37. The van der Waals surface area contributed by atoms with E-state index in [-0.39, 0.29) is 41.3 Å². The van der Waals surface area contributed by atoms with E-state index in [0.29, 0.717) is 62.6 Å². The number of benzene rings is 1. The Balaban J connectivity index is 1.44. The third-order valence-corrected chi connectivity index (χ3v) is 7.31. The lowest BCUT2D eigenvalue weighted by Gasteiger charge is -2.38. The van der Waals surface area contributed by atoms with Crippen LogP contribution in [0.1, 0.15) is 38.7 Å². The molecule has 8 heteroatoms. The van der Waals surface area contributed by atoms with E-state index in [0.717, 1.165) is 0 Å². The monoisotopic (exact) mass is 475 g/mol. The van der Waals surface area contributed by atoms with Gasteiger partial charge in [-0.05, 0) is 37.3 Å². The highest BCUT2D eigenvalue weighted by atomic mass is 35.5. The van der Waals surface area contributed by atoms with E-state index in [1.165, 1.54) is 11.0 Å². The molecule has 3 aliphatic rings. The number of piperazine rings is 1. The minimum atomic E-state index is -0.761. The summed E-state index contributed by atoms with van der Waals surface area (Å²) in [6.45, 7) is 6.44. The van der Waals surface area contributed by atoms with Crippen molar-refractivity contribution < 1.29 is 18.8 Å². The molecule has 1 aromatic carbocycles. The topological polar surface area (TPSA) is 60.9 Å². The minimum absolute atomic E-state index is 0.157. The normalized spacial score (nSPS) is 24.5. The number of rotatable bonds is 6. The Bertz CT molecular complexity index is 912. The van der Waals surface area contributed by atoms with Gasteiger partial charge in [0, 0.05) is 43.3 Å². The van der Waals surface area contributed by atoms with Crippen LogP contribution in [-0.4, -0.2) is 64.6 Å². The highest BCUT2D eigenvalue weighted by molar-refractivity contribution is 6.31. The van der Waals surface area contributed by atoms with E-state index in [9.17, 15) is 18.8 Å². The number of imide groups is 1. The fraction of sp³-hybridized carbons (Fsp3) is 0.560. The fourth-order valence-corrected chi connectivity index (χ4v) is 5.36. The van der Waals surface area contributed by atoms with Crippen LogP contribution in [0.2, 0.25) is 5.02 Å². The summed E-state index contributed by atoms with van der Waals surface area (Å²) < 4.78 is 14.2. The lowest BCUT2D eigenvalue weighted by molar-refractivity contribution is -0.153. The zero-order chi connectivity index (χ0) is 23.7. The molecule has 33 heavy (non-hydrogen) atoms. The molecule has 4 rings (SSSR count). The van der Waals surface area contributed by atoms with Gasteiger partial charge in [0.1, 0.15) is 11.9 Å². The molecule has 178 valence electrons. The second-order valence-corrected chi connectivity index (χ2v) is 10.1. The number of carbonyl (C=O) groups is 3. The summed E-state index contributed by atoms with van der Waals surface area (Å²) >= 11 is 6.16. The Kier molecular flexibility index (Phi) is 7.19. The molecule has 3 amide bonds. The molecule has 6 nitrogen and oxygen atoms in total. The van der Waals surface area contributed by atoms with Crippen LogP contribution >= 0.6 is 11.6 Å². The predicted octanol–water partition coefficient (Wildman–Crippen LogP) is 3.49. The standard InChI is InChI=1S/C25H31ClFN3O3/c1-16(2)14-22(30-23(31)17-6-3-4-7-18(17)24(30)32)25(33)29-12-10-28(11-13-29)15-19-20(26)8-5-9-21(19)27/h3-5,8-9,16-18,22H,6-7,10-15H2,1-2H3. The van der Waals surface area contributed by atoms with Crippen molar-refractivity contribution in [3.05, 3.63) is 46.8 Å². The second-order valence-electron chi connectivity index (χ2n) is 9.65. The first-order chi connectivity index (χ1) is 15.8. The summed E-state index contributed by atoms with van der Waals surface area (Å²) in [7, 11) is 0. The molecular formula is C25H31ClFN3O3. The van der Waals surface area contributed by atoms with Gasteiger partial charge in [-0.3, -0.25) is 24.2 Å². The summed E-state index contributed by atoms with van der Waals surface area (Å²) in [5, 5.41) is 0.396. The van der Waals surface area contributed by atoms with Gasteiger partial charge in [-0.1, -0.05) is 43.7 Å². The number of amides is 3. The molecule has 0 radical (unpaired) electrons. The number of nitrogens with zero attached hydrogens (tertiary/aromatic N) is 3. The first-order valence-electron chi connectivity index (χ1n) is 11.7. The van der Waals surface area contributed by atoms with Crippen LogP contribution in [-0.2, 0) is 20.9 Å². The SMILES string of the molecule is CC(C)CC(C(=O)N1CCN(Cc2c(F)cccc2Cl)CC1)N1C(=O)C2CC=CCC2C1=O. The van der Waals surface area contributed by atoms with Gasteiger partial charge in [0.05, 0.1) is 11.8 Å². The minimum Gasteiger partial charge on any atom is -0.338 e. The van der Waals surface area contributed by atoms with Crippen LogP contribution < -0.4 is 0 Å². The molecule has 2 saturated heterocycles. The molecule has 3 atom stereocenters. The zero-order valence-corrected chi connectivity index (χ0v) is 19.9. The van der Waals surface area contributed by atoms with Crippen LogP contribution in [0, 0.1) is 23.6 Å². The summed E-state index contributed by atoms with van der Waals surface area (Å²) in [5.41, 5.74) is 0.459. The van der Waals surface area contributed by atoms with Crippen LogP contribution in [0.5, 0.6) is 0 Å². The first kappa shape index (κ1) is 23.9. The lowest BCUT2D eigenvalue weighted by Crippen LogP contribution is -2.56. The molecule has 0 saturated carbocycles. The first-order valence-corrected chi connectivity index (χ1v) is 12.1. The molecule has 3 unspecified atom stereocenters. The van der Waals surface area contributed by atoms with Crippen LogP contribution in [0.25, 0.3) is 0 Å². The third kappa shape index (κ3) is 4.85. The largest absolute Gasteiger partial charge is 0.338 e. The Hall–Kier alpha value is -2.25. The molecule has 1 aliphatic carbocycles. The maximum absolute atomic E-state index is 14.2. The van der Waals surface area contributed by atoms with Gasteiger partial charge in [-0.2, -0.15) is 0 Å². The van der Waals surface area contributed by atoms with E-state index in [2.05, 4.69) is 4.90 Å². The molecule has 2 heterocycles. The smallest absolute Gasteiger partial charge is 0.245 e. The van der Waals surface area contributed by atoms with Crippen molar-refractivity contribution in [2.45, 2.75) is 45.7 Å². The average molecular weight is 476 g/mol. The zero-order valence-electron chi connectivity index (χ0n) is 19.2. The Labute approximate surface area is 199 Å². The maximum Gasteiger partial charge on any atom is 0.245 e. The molecule has 0 aromatic heterocycles. The molecule has 1 aromatic rings. The highest BCUT2D eigenvalue weighted by Gasteiger charge is 2.51. The Morgan fingerprint density at radius 2 is 1.67 bits per heavy atom. The Morgan fingerprint density at radius 3 is 2.21 bits per heavy atom. The van der Waals surface area contributed by atoms with Gasteiger partial charge in [-0.15, -0.1) is 0 Å². The van der Waals surface area contributed by atoms with Crippen molar-refractivity contribution >= 4 is 29.3 Å². The van der Waals surface area contributed by atoms with Crippen molar-refractivity contribution in [1.82, 2.24) is 14.7 Å². The molecule has 0 bridgehead atoms. The van der Waals surface area contributed by atoms with Gasteiger partial charge in [-0.25, -0.2) is 4.39 Å². The number of fused-ring (bicyclic) bond motifs is 1. The van der Waals surface area contributed by atoms with Crippen molar-refractivity contribution in [3.63, 3.8) is 0 Å².